The van der Waals surface area contributed by atoms with Crippen molar-refractivity contribution < 1.29 is 0 Å². The average Bonchev–Trinajstić information content (AvgIpc) is 2.47. The molecule has 5 rings (SSSR count). The Bertz CT molecular complexity index is 443. The molecule has 0 aromatic heterocycles. The van der Waals surface area contributed by atoms with Crippen molar-refractivity contribution in [1.29, 1.82) is 0 Å². The molecule has 1 nitrogen and oxygen atoms in total. The molecule has 4 bridgehead atoms. The third-order valence-corrected chi connectivity index (χ3v) is 6.74. The zero-order valence-electron chi connectivity index (χ0n) is 13.4. The van der Waals surface area contributed by atoms with Gasteiger partial charge in [0.05, 0.1) is 0 Å². The minimum Gasteiger partial charge on any atom is -0.316 e. The van der Waals surface area contributed by atoms with Crippen molar-refractivity contribution in [2.45, 2.75) is 57.4 Å². The largest absolute Gasteiger partial charge is 0.316 e. The van der Waals surface area contributed by atoms with Gasteiger partial charge in [-0.3, -0.25) is 0 Å². The molecule has 4 fully saturated rings. The van der Waals surface area contributed by atoms with E-state index in [4.69, 9.17) is 0 Å². The number of hydrogen-bond acceptors (Lipinski definition) is 1. The van der Waals surface area contributed by atoms with Crippen molar-refractivity contribution in [3.8, 4) is 0 Å². The summed E-state index contributed by atoms with van der Waals surface area (Å²) in [5.74, 6) is 3.18. The van der Waals surface area contributed by atoms with Gasteiger partial charge >= 0.3 is 0 Å². The van der Waals surface area contributed by atoms with Crippen LogP contribution in [0.2, 0.25) is 0 Å². The maximum absolute atomic E-state index is 3.73. The molecule has 4 aliphatic rings. The highest BCUT2D eigenvalue weighted by Gasteiger charge is 2.53. The Morgan fingerprint density at radius 2 is 1.57 bits per heavy atom. The summed E-state index contributed by atoms with van der Waals surface area (Å²) in [6.45, 7) is 0. The number of aryl methyl sites for hydroxylation is 1. The highest BCUT2D eigenvalue weighted by atomic mass is 14.9. The molecule has 1 heteroatoms. The van der Waals surface area contributed by atoms with E-state index >= 15 is 0 Å². The van der Waals surface area contributed by atoms with Crippen molar-refractivity contribution >= 4 is 0 Å². The lowest BCUT2D eigenvalue weighted by Gasteiger charge is -2.59. The summed E-state index contributed by atoms with van der Waals surface area (Å²) < 4.78 is 0. The van der Waals surface area contributed by atoms with Gasteiger partial charge in [-0.2, -0.15) is 0 Å². The fraction of sp³-hybridized carbons (Fsp3) is 0.700. The van der Waals surface area contributed by atoms with Gasteiger partial charge in [-0.05, 0) is 87.1 Å². The van der Waals surface area contributed by atoms with Crippen LogP contribution in [0.3, 0.4) is 0 Å². The van der Waals surface area contributed by atoms with Crippen LogP contribution >= 0.6 is 0 Å². The summed E-state index contributed by atoms with van der Waals surface area (Å²) in [7, 11) is 2.20. The first-order chi connectivity index (χ1) is 10.3. The lowest BCUT2D eigenvalue weighted by molar-refractivity contribution is -0.0738. The highest BCUT2D eigenvalue weighted by Crippen LogP contribution is 2.61. The monoisotopic (exact) mass is 283 g/mol. The smallest absolute Gasteiger partial charge is 0.0124 e. The van der Waals surface area contributed by atoms with Crippen LogP contribution in [-0.2, 0) is 6.42 Å². The van der Waals surface area contributed by atoms with E-state index in [-0.39, 0.29) is 0 Å². The zero-order chi connectivity index (χ0) is 14.3. The topological polar surface area (TPSA) is 12.0 Å². The second-order valence-corrected chi connectivity index (χ2v) is 8.15. The minimum absolute atomic E-state index is 0.637. The lowest BCUT2D eigenvalue weighted by Crippen LogP contribution is -2.55. The molecule has 1 atom stereocenters. The summed E-state index contributed by atoms with van der Waals surface area (Å²) in [5.41, 5.74) is 2.14. The molecule has 4 aliphatic carbocycles. The molecule has 1 unspecified atom stereocenters. The van der Waals surface area contributed by atoms with Gasteiger partial charge in [0, 0.05) is 6.04 Å². The van der Waals surface area contributed by atoms with Crippen molar-refractivity contribution in [3.63, 3.8) is 0 Å². The van der Waals surface area contributed by atoms with Gasteiger partial charge in [0.25, 0.3) is 0 Å². The molecule has 4 saturated carbocycles. The SMILES string of the molecule is CNC(CCc1ccccc1)C12CC3CC(CC(C3)C1)C2. The molecule has 0 amide bonds. The van der Waals surface area contributed by atoms with Gasteiger partial charge < -0.3 is 5.32 Å². The Kier molecular flexibility index (Phi) is 3.57. The molecule has 1 aromatic carbocycles. The minimum atomic E-state index is 0.637. The molecule has 114 valence electrons. The van der Waals surface area contributed by atoms with Crippen molar-refractivity contribution in [1.82, 2.24) is 5.32 Å². The summed E-state index contributed by atoms with van der Waals surface area (Å²) in [6.07, 6.45) is 11.7. The van der Waals surface area contributed by atoms with Gasteiger partial charge in [0.1, 0.15) is 0 Å². The fourth-order valence-electron chi connectivity index (χ4n) is 6.32. The van der Waals surface area contributed by atoms with Gasteiger partial charge in [-0.1, -0.05) is 30.3 Å². The predicted octanol–water partition coefficient (Wildman–Crippen LogP) is 4.42. The Labute approximate surface area is 129 Å². The van der Waals surface area contributed by atoms with E-state index in [9.17, 15) is 0 Å². The van der Waals surface area contributed by atoms with Crippen molar-refractivity contribution in [3.05, 3.63) is 35.9 Å². The number of nitrogens with one attached hydrogen (secondary N) is 1. The first-order valence-corrected chi connectivity index (χ1v) is 8.98. The quantitative estimate of drug-likeness (QED) is 0.843. The van der Waals surface area contributed by atoms with Gasteiger partial charge in [-0.25, -0.2) is 0 Å². The van der Waals surface area contributed by atoms with Gasteiger partial charge in [-0.15, -0.1) is 0 Å². The maximum atomic E-state index is 3.73. The molecule has 21 heavy (non-hydrogen) atoms. The molecule has 0 radical (unpaired) electrons. The normalized spacial score (nSPS) is 38.6. The van der Waals surface area contributed by atoms with Crippen LogP contribution < -0.4 is 5.32 Å². The van der Waals surface area contributed by atoms with E-state index in [0.29, 0.717) is 5.41 Å². The third kappa shape index (κ3) is 2.54. The van der Waals surface area contributed by atoms with E-state index in [1.807, 2.05) is 0 Å². The molecule has 0 spiro atoms. The second-order valence-electron chi connectivity index (χ2n) is 8.15. The number of rotatable bonds is 5. The molecule has 0 saturated heterocycles. The van der Waals surface area contributed by atoms with Crippen LogP contribution in [0.5, 0.6) is 0 Å². The van der Waals surface area contributed by atoms with Crippen molar-refractivity contribution in [2.24, 2.45) is 23.2 Å². The summed E-state index contributed by atoms with van der Waals surface area (Å²) >= 11 is 0. The molecule has 1 aromatic rings. The first-order valence-electron chi connectivity index (χ1n) is 8.98. The average molecular weight is 283 g/mol. The Morgan fingerprint density at radius 3 is 2.10 bits per heavy atom. The van der Waals surface area contributed by atoms with Crippen LogP contribution in [0.1, 0.15) is 50.5 Å². The van der Waals surface area contributed by atoms with E-state index in [1.165, 1.54) is 37.7 Å². The first kappa shape index (κ1) is 13.8. The van der Waals surface area contributed by atoms with Crippen LogP contribution in [0.4, 0.5) is 0 Å². The van der Waals surface area contributed by atoms with E-state index < -0.39 is 0 Å². The molecule has 0 aliphatic heterocycles. The molecular weight excluding hydrogens is 254 g/mol. The summed E-state index contributed by atoms with van der Waals surface area (Å²) in [5, 5.41) is 3.73. The Balaban J connectivity index is 1.48. The van der Waals surface area contributed by atoms with Crippen LogP contribution in [0, 0.1) is 23.2 Å². The zero-order valence-corrected chi connectivity index (χ0v) is 13.4. The number of hydrogen-bond donors (Lipinski definition) is 1. The fourth-order valence-corrected chi connectivity index (χ4v) is 6.32. The van der Waals surface area contributed by atoms with Crippen molar-refractivity contribution in [2.75, 3.05) is 7.05 Å². The standard InChI is InChI=1S/C20H29N/c1-21-19(8-7-15-5-3-2-4-6-15)20-12-16-9-17(13-20)11-18(10-16)14-20/h2-6,16-19,21H,7-14H2,1H3. The van der Waals surface area contributed by atoms with E-state index in [1.54, 1.807) is 19.3 Å². The van der Waals surface area contributed by atoms with Gasteiger partial charge in [0.15, 0.2) is 0 Å². The second kappa shape index (κ2) is 5.43. The van der Waals surface area contributed by atoms with Crippen LogP contribution in [0.25, 0.3) is 0 Å². The highest BCUT2D eigenvalue weighted by molar-refractivity contribution is 5.15. The van der Waals surface area contributed by atoms with Crippen LogP contribution in [0.15, 0.2) is 30.3 Å². The molecular formula is C20H29N. The lowest BCUT2D eigenvalue weighted by atomic mass is 9.47. The predicted molar refractivity (Wildman–Crippen MR) is 88.2 cm³/mol. The summed E-state index contributed by atoms with van der Waals surface area (Å²) in [6, 6.07) is 11.8. The Hall–Kier alpha value is -0.820. The summed E-state index contributed by atoms with van der Waals surface area (Å²) in [4.78, 5) is 0. The van der Waals surface area contributed by atoms with E-state index in [2.05, 4.69) is 42.7 Å². The Morgan fingerprint density at radius 1 is 1.00 bits per heavy atom. The molecule has 1 N–H and O–H groups in total. The van der Waals surface area contributed by atoms with E-state index in [0.717, 1.165) is 23.8 Å². The molecule has 0 heterocycles. The van der Waals surface area contributed by atoms with Crippen LogP contribution in [-0.4, -0.2) is 13.1 Å². The number of benzene rings is 1. The van der Waals surface area contributed by atoms with Gasteiger partial charge in [0.2, 0.25) is 0 Å². The maximum Gasteiger partial charge on any atom is 0.0124 e. The third-order valence-electron chi connectivity index (χ3n) is 6.74.